The number of carbonyl (C=O) groups excluding carboxylic acids is 1. The molecule has 1 amide bonds. The molecule has 2 N–H and O–H groups in total. The molecule has 18 heavy (non-hydrogen) atoms. The molecule has 0 aliphatic carbocycles. The van der Waals surface area contributed by atoms with Crippen molar-refractivity contribution in [3.8, 4) is 0 Å². The average molecular weight is 257 g/mol. The first-order valence-electron chi connectivity index (χ1n) is 6.43. The Labute approximate surface area is 110 Å². The van der Waals surface area contributed by atoms with Gasteiger partial charge in [-0.15, -0.1) is 0 Å². The number of hydrogen-bond acceptors (Lipinski definition) is 2. The third-order valence-electron chi connectivity index (χ3n) is 2.51. The Kier molecular flexibility index (Phi) is 5.84. The van der Waals surface area contributed by atoms with Crippen molar-refractivity contribution >= 4 is 11.9 Å². The van der Waals surface area contributed by atoms with E-state index >= 15 is 0 Å². The van der Waals surface area contributed by atoms with Gasteiger partial charge in [-0.1, -0.05) is 41.5 Å². The van der Waals surface area contributed by atoms with Gasteiger partial charge in [-0.05, 0) is 23.7 Å². The lowest BCUT2D eigenvalue weighted by Gasteiger charge is -2.23. The fourth-order valence-electron chi connectivity index (χ4n) is 1.56. The second-order valence-corrected chi connectivity index (χ2v) is 7.30. The van der Waals surface area contributed by atoms with E-state index in [9.17, 15) is 9.59 Å². The fraction of sp³-hybridized carbons (Fsp3) is 0.857. The van der Waals surface area contributed by atoms with E-state index < -0.39 is 12.0 Å². The van der Waals surface area contributed by atoms with E-state index in [0.29, 0.717) is 12.8 Å². The number of amides is 1. The molecule has 0 aromatic rings. The number of nitrogens with one attached hydrogen (secondary N) is 1. The highest BCUT2D eigenvalue weighted by atomic mass is 16.4. The van der Waals surface area contributed by atoms with Gasteiger partial charge in [0, 0.05) is 6.42 Å². The minimum absolute atomic E-state index is 0.0719. The maximum atomic E-state index is 11.7. The zero-order valence-corrected chi connectivity index (χ0v) is 12.5. The molecule has 0 aromatic carbocycles. The molecule has 0 saturated heterocycles. The highest BCUT2D eigenvalue weighted by molar-refractivity contribution is 5.83. The molecule has 0 aliphatic rings. The second-order valence-electron chi connectivity index (χ2n) is 7.30. The number of aliphatic carboxylic acids is 1. The summed E-state index contributed by atoms with van der Waals surface area (Å²) in [5.74, 6) is -1.15. The van der Waals surface area contributed by atoms with Gasteiger partial charge in [0.25, 0.3) is 0 Å². The SMILES string of the molecule is CC(C)(C)CCC(NC(=O)CC(C)(C)C)C(=O)O. The van der Waals surface area contributed by atoms with Crippen LogP contribution in [0.3, 0.4) is 0 Å². The van der Waals surface area contributed by atoms with E-state index in [0.717, 1.165) is 6.42 Å². The summed E-state index contributed by atoms with van der Waals surface area (Å²) in [7, 11) is 0. The standard InChI is InChI=1S/C14H27NO3/c1-13(2,3)8-7-10(12(17)18)15-11(16)9-14(4,5)6/h10H,7-9H2,1-6H3,(H,15,16)(H,17,18). The first-order chi connectivity index (χ1) is 7.91. The van der Waals surface area contributed by atoms with Crippen LogP contribution in [-0.2, 0) is 9.59 Å². The van der Waals surface area contributed by atoms with Crippen molar-refractivity contribution in [3.05, 3.63) is 0 Å². The predicted octanol–water partition coefficient (Wildman–Crippen LogP) is 2.82. The quantitative estimate of drug-likeness (QED) is 0.796. The Hall–Kier alpha value is -1.06. The van der Waals surface area contributed by atoms with E-state index in [2.05, 4.69) is 26.1 Å². The molecule has 0 spiro atoms. The summed E-state index contributed by atoms with van der Waals surface area (Å²) in [6, 6.07) is -0.779. The smallest absolute Gasteiger partial charge is 0.326 e. The van der Waals surface area contributed by atoms with Gasteiger partial charge in [-0.25, -0.2) is 4.79 Å². The molecular formula is C14H27NO3. The van der Waals surface area contributed by atoms with Gasteiger partial charge in [-0.3, -0.25) is 4.79 Å². The summed E-state index contributed by atoms with van der Waals surface area (Å²) in [4.78, 5) is 22.8. The van der Waals surface area contributed by atoms with Crippen molar-refractivity contribution in [3.63, 3.8) is 0 Å². The summed E-state index contributed by atoms with van der Waals surface area (Å²) < 4.78 is 0. The molecule has 106 valence electrons. The average Bonchev–Trinajstić information content (AvgIpc) is 2.06. The van der Waals surface area contributed by atoms with Gasteiger partial charge < -0.3 is 10.4 Å². The lowest BCUT2D eigenvalue weighted by Crippen LogP contribution is -2.42. The number of hydrogen-bond donors (Lipinski definition) is 2. The Morgan fingerprint density at radius 1 is 1.06 bits per heavy atom. The Morgan fingerprint density at radius 2 is 1.56 bits per heavy atom. The topological polar surface area (TPSA) is 66.4 Å². The summed E-state index contributed by atoms with van der Waals surface area (Å²) in [6.07, 6.45) is 1.57. The molecule has 0 radical (unpaired) electrons. The number of rotatable bonds is 5. The molecule has 1 unspecified atom stereocenters. The van der Waals surface area contributed by atoms with Gasteiger partial charge in [0.15, 0.2) is 0 Å². The van der Waals surface area contributed by atoms with Gasteiger partial charge in [0.05, 0.1) is 0 Å². The first-order valence-corrected chi connectivity index (χ1v) is 6.43. The zero-order chi connectivity index (χ0) is 14.6. The molecule has 0 bridgehead atoms. The van der Waals surface area contributed by atoms with Crippen molar-refractivity contribution in [2.75, 3.05) is 0 Å². The van der Waals surface area contributed by atoms with Crippen molar-refractivity contribution in [2.45, 2.75) is 66.8 Å². The van der Waals surface area contributed by atoms with Crippen LogP contribution in [0.2, 0.25) is 0 Å². The van der Waals surface area contributed by atoms with Crippen LogP contribution >= 0.6 is 0 Å². The molecule has 0 rings (SSSR count). The normalized spacial score (nSPS) is 14.1. The molecule has 0 aliphatic heterocycles. The largest absolute Gasteiger partial charge is 0.480 e. The second kappa shape index (κ2) is 6.21. The fourth-order valence-corrected chi connectivity index (χ4v) is 1.56. The third kappa shape index (κ3) is 9.02. The van der Waals surface area contributed by atoms with E-state index in [1.165, 1.54) is 0 Å². The lowest BCUT2D eigenvalue weighted by molar-refractivity contribution is -0.142. The van der Waals surface area contributed by atoms with Crippen molar-refractivity contribution < 1.29 is 14.7 Å². The first kappa shape index (κ1) is 16.9. The molecule has 0 saturated carbocycles. The highest BCUT2D eigenvalue weighted by Gasteiger charge is 2.24. The van der Waals surface area contributed by atoms with Gasteiger partial charge in [0.2, 0.25) is 5.91 Å². The highest BCUT2D eigenvalue weighted by Crippen LogP contribution is 2.22. The van der Waals surface area contributed by atoms with E-state index in [1.807, 2.05) is 20.8 Å². The molecule has 0 fully saturated rings. The van der Waals surface area contributed by atoms with Crippen LogP contribution in [0.15, 0.2) is 0 Å². The van der Waals surface area contributed by atoms with E-state index in [1.54, 1.807) is 0 Å². The minimum Gasteiger partial charge on any atom is -0.480 e. The molecular weight excluding hydrogens is 230 g/mol. The monoisotopic (exact) mass is 257 g/mol. The molecule has 4 nitrogen and oxygen atoms in total. The minimum atomic E-state index is -0.957. The Bertz CT molecular complexity index is 297. The van der Waals surface area contributed by atoms with Gasteiger partial charge >= 0.3 is 5.97 Å². The zero-order valence-electron chi connectivity index (χ0n) is 12.5. The van der Waals surface area contributed by atoms with Crippen LogP contribution in [0.5, 0.6) is 0 Å². The maximum Gasteiger partial charge on any atom is 0.326 e. The predicted molar refractivity (Wildman–Crippen MR) is 72.3 cm³/mol. The Balaban J connectivity index is 4.37. The molecule has 0 aromatic heterocycles. The van der Waals surface area contributed by atoms with E-state index in [-0.39, 0.29) is 16.7 Å². The molecule has 0 heterocycles. The molecule has 4 heteroatoms. The van der Waals surface area contributed by atoms with E-state index in [4.69, 9.17) is 5.11 Å². The van der Waals surface area contributed by atoms with Crippen molar-refractivity contribution in [2.24, 2.45) is 10.8 Å². The van der Waals surface area contributed by atoms with Crippen LogP contribution in [0.4, 0.5) is 0 Å². The van der Waals surface area contributed by atoms with Gasteiger partial charge in [0.1, 0.15) is 6.04 Å². The molecule has 1 atom stereocenters. The van der Waals surface area contributed by atoms with Crippen LogP contribution in [0.1, 0.15) is 60.8 Å². The van der Waals surface area contributed by atoms with Crippen LogP contribution in [0.25, 0.3) is 0 Å². The third-order valence-corrected chi connectivity index (χ3v) is 2.51. The van der Waals surface area contributed by atoms with Gasteiger partial charge in [-0.2, -0.15) is 0 Å². The van der Waals surface area contributed by atoms with Crippen molar-refractivity contribution in [1.82, 2.24) is 5.32 Å². The summed E-state index contributed by atoms with van der Waals surface area (Å²) in [6.45, 7) is 12.0. The number of carbonyl (C=O) groups is 2. The summed E-state index contributed by atoms with van der Waals surface area (Å²) >= 11 is 0. The van der Waals surface area contributed by atoms with Crippen LogP contribution in [0, 0.1) is 10.8 Å². The number of carboxylic acids is 1. The van der Waals surface area contributed by atoms with Crippen LogP contribution < -0.4 is 5.32 Å². The lowest BCUT2D eigenvalue weighted by atomic mass is 9.88. The summed E-state index contributed by atoms with van der Waals surface area (Å²) in [5, 5.41) is 11.7. The van der Waals surface area contributed by atoms with Crippen molar-refractivity contribution in [1.29, 1.82) is 0 Å². The maximum absolute atomic E-state index is 11.7. The van der Waals surface area contributed by atoms with Crippen LogP contribution in [-0.4, -0.2) is 23.0 Å². The number of carboxylic acid groups (broad SMARTS) is 1. The summed E-state index contributed by atoms with van der Waals surface area (Å²) in [5.41, 5.74) is -0.0559. The Morgan fingerprint density at radius 3 is 1.89 bits per heavy atom.